The normalized spacial score (nSPS) is 17.8. The Kier molecular flexibility index (Phi) is 2.49. The highest BCUT2D eigenvalue weighted by Crippen LogP contribution is 2.12. The number of hydrogen-bond donors (Lipinski definition) is 0. The van der Waals surface area contributed by atoms with Gasteiger partial charge in [-0.05, 0) is 6.92 Å². The van der Waals surface area contributed by atoms with Crippen LogP contribution in [-0.2, 0) is 11.3 Å². The number of morpholine rings is 1. The Morgan fingerprint density at radius 3 is 2.92 bits per heavy atom. The first-order valence-electron chi connectivity index (χ1n) is 4.75. The SMILES string of the molecule is CCn1ccnc1N1CCOCC1. The molecule has 0 N–H and O–H groups in total. The molecule has 4 heteroatoms. The monoisotopic (exact) mass is 181 g/mol. The lowest BCUT2D eigenvalue weighted by atomic mass is 10.4. The van der Waals surface area contributed by atoms with E-state index in [1.54, 1.807) is 0 Å². The molecular formula is C9H15N3O. The molecule has 72 valence electrons. The predicted molar refractivity (Wildman–Crippen MR) is 50.9 cm³/mol. The zero-order chi connectivity index (χ0) is 9.10. The van der Waals surface area contributed by atoms with E-state index in [9.17, 15) is 0 Å². The fourth-order valence-corrected chi connectivity index (χ4v) is 1.59. The summed E-state index contributed by atoms with van der Waals surface area (Å²) in [5, 5.41) is 0. The predicted octanol–water partition coefficient (Wildman–Crippen LogP) is 0.740. The number of nitrogens with zero attached hydrogens (tertiary/aromatic N) is 3. The summed E-state index contributed by atoms with van der Waals surface area (Å²) in [6, 6.07) is 0. The third-order valence-corrected chi connectivity index (χ3v) is 2.33. The molecule has 2 heterocycles. The number of aromatic nitrogens is 2. The van der Waals surface area contributed by atoms with Crippen molar-refractivity contribution in [3.8, 4) is 0 Å². The first-order valence-corrected chi connectivity index (χ1v) is 4.75. The number of hydrogen-bond acceptors (Lipinski definition) is 3. The van der Waals surface area contributed by atoms with E-state index in [0.29, 0.717) is 0 Å². The first kappa shape index (κ1) is 8.56. The Labute approximate surface area is 78.1 Å². The van der Waals surface area contributed by atoms with Gasteiger partial charge in [0.25, 0.3) is 0 Å². The van der Waals surface area contributed by atoms with Gasteiger partial charge in [0, 0.05) is 32.0 Å². The van der Waals surface area contributed by atoms with Gasteiger partial charge in [0.15, 0.2) is 0 Å². The molecule has 4 nitrogen and oxygen atoms in total. The van der Waals surface area contributed by atoms with E-state index in [4.69, 9.17) is 4.74 Å². The number of imidazole rings is 1. The molecule has 0 amide bonds. The molecule has 0 unspecified atom stereocenters. The van der Waals surface area contributed by atoms with Crippen LogP contribution in [0.3, 0.4) is 0 Å². The molecule has 1 saturated heterocycles. The van der Waals surface area contributed by atoms with Crippen molar-refractivity contribution in [3.05, 3.63) is 12.4 Å². The Balaban J connectivity index is 2.13. The second-order valence-electron chi connectivity index (χ2n) is 3.11. The summed E-state index contributed by atoms with van der Waals surface area (Å²) in [6.07, 6.45) is 3.87. The number of rotatable bonds is 2. The van der Waals surface area contributed by atoms with E-state index < -0.39 is 0 Å². The highest BCUT2D eigenvalue weighted by atomic mass is 16.5. The van der Waals surface area contributed by atoms with Gasteiger partial charge >= 0.3 is 0 Å². The van der Waals surface area contributed by atoms with Gasteiger partial charge in [0.05, 0.1) is 13.2 Å². The van der Waals surface area contributed by atoms with Crippen molar-refractivity contribution in [2.45, 2.75) is 13.5 Å². The minimum atomic E-state index is 0.816. The summed E-state index contributed by atoms with van der Waals surface area (Å²) in [4.78, 5) is 6.61. The molecule has 13 heavy (non-hydrogen) atoms. The van der Waals surface area contributed by atoms with E-state index in [0.717, 1.165) is 38.8 Å². The van der Waals surface area contributed by atoms with E-state index in [2.05, 4.69) is 21.4 Å². The van der Waals surface area contributed by atoms with Gasteiger partial charge in [0.2, 0.25) is 5.95 Å². The molecule has 0 saturated carbocycles. The van der Waals surface area contributed by atoms with Crippen molar-refractivity contribution in [3.63, 3.8) is 0 Å². The van der Waals surface area contributed by atoms with Gasteiger partial charge in [-0.3, -0.25) is 0 Å². The van der Waals surface area contributed by atoms with Crippen molar-refractivity contribution in [2.75, 3.05) is 31.2 Å². The minimum Gasteiger partial charge on any atom is -0.378 e. The third kappa shape index (κ3) is 1.67. The average Bonchev–Trinajstić information content (AvgIpc) is 2.67. The molecule has 0 aliphatic carbocycles. The number of aryl methyl sites for hydroxylation is 1. The summed E-state index contributed by atoms with van der Waals surface area (Å²) in [5.74, 6) is 1.07. The second kappa shape index (κ2) is 3.79. The van der Waals surface area contributed by atoms with Crippen molar-refractivity contribution >= 4 is 5.95 Å². The highest BCUT2D eigenvalue weighted by Gasteiger charge is 2.14. The Hall–Kier alpha value is -1.03. The van der Waals surface area contributed by atoms with Crippen LogP contribution >= 0.6 is 0 Å². The van der Waals surface area contributed by atoms with E-state index in [1.807, 2.05) is 12.4 Å². The smallest absolute Gasteiger partial charge is 0.205 e. The molecule has 0 atom stereocenters. The van der Waals surface area contributed by atoms with Crippen molar-refractivity contribution in [2.24, 2.45) is 0 Å². The summed E-state index contributed by atoms with van der Waals surface area (Å²) < 4.78 is 7.45. The van der Waals surface area contributed by atoms with E-state index in [1.165, 1.54) is 0 Å². The maximum atomic E-state index is 5.29. The standard InChI is InChI=1S/C9H15N3O/c1-2-11-4-3-10-9(11)12-5-7-13-8-6-12/h3-4H,2,5-8H2,1H3. The average molecular weight is 181 g/mol. The van der Waals surface area contributed by atoms with Crippen LogP contribution in [0.4, 0.5) is 5.95 Å². The molecule has 0 aromatic carbocycles. The van der Waals surface area contributed by atoms with Crippen molar-refractivity contribution in [1.82, 2.24) is 9.55 Å². The van der Waals surface area contributed by atoms with Gasteiger partial charge in [-0.15, -0.1) is 0 Å². The van der Waals surface area contributed by atoms with Gasteiger partial charge < -0.3 is 14.2 Å². The van der Waals surface area contributed by atoms with Crippen LogP contribution in [0.2, 0.25) is 0 Å². The fraction of sp³-hybridized carbons (Fsp3) is 0.667. The molecule has 2 rings (SSSR count). The molecule has 0 radical (unpaired) electrons. The van der Waals surface area contributed by atoms with Crippen LogP contribution in [0.15, 0.2) is 12.4 Å². The number of ether oxygens (including phenoxy) is 1. The van der Waals surface area contributed by atoms with Gasteiger partial charge in [0.1, 0.15) is 0 Å². The highest BCUT2D eigenvalue weighted by molar-refractivity contribution is 5.31. The van der Waals surface area contributed by atoms with Crippen LogP contribution < -0.4 is 4.90 Å². The first-order chi connectivity index (χ1) is 6.42. The van der Waals surface area contributed by atoms with Crippen LogP contribution in [0.25, 0.3) is 0 Å². The molecular weight excluding hydrogens is 166 g/mol. The Morgan fingerprint density at radius 1 is 1.46 bits per heavy atom. The van der Waals surface area contributed by atoms with Gasteiger partial charge in [-0.25, -0.2) is 4.98 Å². The van der Waals surface area contributed by atoms with Crippen molar-refractivity contribution in [1.29, 1.82) is 0 Å². The molecule has 1 aromatic rings. The van der Waals surface area contributed by atoms with Crippen LogP contribution in [0.5, 0.6) is 0 Å². The molecule has 1 aliphatic rings. The molecule has 1 aliphatic heterocycles. The Bertz CT molecular complexity index is 266. The van der Waals surface area contributed by atoms with Crippen molar-refractivity contribution < 1.29 is 4.74 Å². The van der Waals surface area contributed by atoms with E-state index >= 15 is 0 Å². The fourth-order valence-electron chi connectivity index (χ4n) is 1.59. The lowest BCUT2D eigenvalue weighted by Gasteiger charge is -2.27. The summed E-state index contributed by atoms with van der Waals surface area (Å²) in [6.45, 7) is 6.65. The van der Waals surface area contributed by atoms with Gasteiger partial charge in [-0.2, -0.15) is 0 Å². The lowest BCUT2D eigenvalue weighted by molar-refractivity contribution is 0.121. The Morgan fingerprint density at radius 2 is 2.23 bits per heavy atom. The largest absolute Gasteiger partial charge is 0.378 e. The summed E-state index contributed by atoms with van der Waals surface area (Å²) in [7, 11) is 0. The van der Waals surface area contributed by atoms with E-state index in [-0.39, 0.29) is 0 Å². The molecule has 1 aromatic heterocycles. The molecule has 0 spiro atoms. The van der Waals surface area contributed by atoms with Crippen LogP contribution in [0, 0.1) is 0 Å². The maximum Gasteiger partial charge on any atom is 0.205 e. The second-order valence-corrected chi connectivity index (χ2v) is 3.11. The lowest BCUT2D eigenvalue weighted by Crippen LogP contribution is -2.37. The summed E-state index contributed by atoms with van der Waals surface area (Å²) in [5.41, 5.74) is 0. The zero-order valence-corrected chi connectivity index (χ0v) is 7.94. The quantitative estimate of drug-likeness (QED) is 0.674. The van der Waals surface area contributed by atoms with Crippen LogP contribution in [0.1, 0.15) is 6.92 Å². The molecule has 0 bridgehead atoms. The van der Waals surface area contributed by atoms with Gasteiger partial charge in [-0.1, -0.05) is 0 Å². The summed E-state index contributed by atoms with van der Waals surface area (Å²) >= 11 is 0. The third-order valence-electron chi connectivity index (χ3n) is 2.33. The zero-order valence-electron chi connectivity index (χ0n) is 7.94. The molecule has 1 fully saturated rings. The number of anilines is 1. The minimum absolute atomic E-state index is 0.816. The van der Waals surface area contributed by atoms with Crippen LogP contribution in [-0.4, -0.2) is 35.9 Å². The topological polar surface area (TPSA) is 30.3 Å². The maximum absolute atomic E-state index is 5.29.